The molecule has 2 rings (SSSR count). The lowest BCUT2D eigenvalue weighted by atomic mass is 10.1. The number of nitrogens with zero attached hydrogens (tertiary/aromatic N) is 4. The Morgan fingerprint density at radius 3 is 2.74 bits per heavy atom. The second-order valence-corrected chi connectivity index (χ2v) is 6.64. The molecule has 1 heterocycles. The molecule has 1 aliphatic rings. The molecule has 0 bridgehead atoms. The minimum absolute atomic E-state index is 0.251. The Bertz CT molecular complexity index is 743. The summed E-state index contributed by atoms with van der Waals surface area (Å²) in [6.45, 7) is 2.94. The number of likely N-dealkylation sites (tertiary alicyclic amines) is 1. The van der Waals surface area contributed by atoms with Gasteiger partial charge in [0.1, 0.15) is 11.8 Å². The zero-order valence-corrected chi connectivity index (χ0v) is 16.2. The normalized spacial score (nSPS) is 15.0. The fraction of sp³-hybridized carbons (Fsp3) is 0.450. The van der Waals surface area contributed by atoms with Gasteiger partial charge in [-0.1, -0.05) is 12.5 Å². The molecule has 1 saturated heterocycles. The molecule has 144 valence electrons. The van der Waals surface area contributed by atoms with Gasteiger partial charge in [-0.2, -0.15) is 5.26 Å². The number of anilines is 1. The Morgan fingerprint density at radius 2 is 2.11 bits per heavy atom. The van der Waals surface area contributed by atoms with Gasteiger partial charge in [0.25, 0.3) is 0 Å². The Morgan fingerprint density at radius 1 is 1.37 bits per heavy atom. The molecular weight excluding hydrogens is 342 g/mol. The first-order valence-electron chi connectivity index (χ1n) is 9.06. The molecule has 0 aliphatic carbocycles. The average Bonchev–Trinajstić information content (AvgIpc) is 2.67. The van der Waals surface area contributed by atoms with Crippen LogP contribution in [0.5, 0.6) is 5.75 Å². The van der Waals surface area contributed by atoms with Gasteiger partial charge in [0, 0.05) is 32.8 Å². The lowest BCUT2D eigenvalue weighted by molar-refractivity contribution is -0.111. The van der Waals surface area contributed by atoms with Crippen LogP contribution in [-0.4, -0.2) is 62.9 Å². The van der Waals surface area contributed by atoms with Crippen molar-refractivity contribution in [2.75, 3.05) is 46.2 Å². The monoisotopic (exact) mass is 369 g/mol. The van der Waals surface area contributed by atoms with Crippen molar-refractivity contribution in [3.8, 4) is 11.8 Å². The van der Waals surface area contributed by atoms with Crippen LogP contribution in [0.25, 0.3) is 0 Å². The molecule has 0 atom stereocenters. The molecule has 0 aromatic heterocycles. The number of carbonyl (C=O) groups excluding carboxylic acids is 1. The molecule has 0 unspecified atom stereocenters. The Labute approximate surface area is 160 Å². The van der Waals surface area contributed by atoms with E-state index in [0.29, 0.717) is 22.7 Å². The van der Waals surface area contributed by atoms with Crippen LogP contribution >= 0.6 is 0 Å². The van der Waals surface area contributed by atoms with E-state index in [1.165, 1.54) is 32.4 Å². The molecule has 1 aromatic rings. The zero-order chi connectivity index (χ0) is 19.6. The van der Waals surface area contributed by atoms with Crippen molar-refractivity contribution in [3.63, 3.8) is 0 Å². The number of hydrogen-bond acceptors (Lipinski definition) is 5. The third-order valence-electron chi connectivity index (χ3n) is 4.21. The highest BCUT2D eigenvalue weighted by molar-refractivity contribution is 6.00. The molecule has 0 spiro atoms. The second kappa shape index (κ2) is 10.3. The summed E-state index contributed by atoms with van der Waals surface area (Å²) in [5.74, 6) is 0.205. The number of nitrogens with one attached hydrogen (secondary N) is 1. The van der Waals surface area contributed by atoms with Crippen molar-refractivity contribution >= 4 is 23.6 Å². The van der Waals surface area contributed by atoms with Crippen LogP contribution in [0, 0.1) is 11.3 Å². The van der Waals surface area contributed by atoms with Gasteiger partial charge in [0.2, 0.25) is 5.91 Å². The van der Waals surface area contributed by atoms with Gasteiger partial charge in [0.15, 0.2) is 0 Å². The summed E-state index contributed by atoms with van der Waals surface area (Å²) in [7, 11) is 5.21. The van der Waals surface area contributed by atoms with Gasteiger partial charge < -0.3 is 15.0 Å². The van der Waals surface area contributed by atoms with Crippen molar-refractivity contribution in [1.82, 2.24) is 9.80 Å². The molecule has 1 N–H and O–H groups in total. The fourth-order valence-corrected chi connectivity index (χ4v) is 2.83. The summed E-state index contributed by atoms with van der Waals surface area (Å²) in [6, 6.07) is 5.33. The van der Waals surface area contributed by atoms with Gasteiger partial charge in [-0.3, -0.25) is 9.69 Å². The second-order valence-electron chi connectivity index (χ2n) is 6.64. The largest absolute Gasteiger partial charge is 0.494 e. The number of nitriles is 1. The highest BCUT2D eigenvalue weighted by Gasteiger charge is 2.12. The van der Waals surface area contributed by atoms with Crippen molar-refractivity contribution in [2.45, 2.75) is 19.3 Å². The topological polar surface area (TPSA) is 81.0 Å². The first-order valence-corrected chi connectivity index (χ1v) is 9.06. The Hall–Kier alpha value is -2.85. The third kappa shape index (κ3) is 6.42. The van der Waals surface area contributed by atoms with E-state index in [1.54, 1.807) is 23.4 Å². The average molecular weight is 369 g/mol. The Balaban J connectivity index is 2.07. The predicted octanol–water partition coefficient (Wildman–Crippen LogP) is 2.77. The van der Waals surface area contributed by atoms with E-state index in [-0.39, 0.29) is 5.91 Å². The van der Waals surface area contributed by atoms with Gasteiger partial charge in [0.05, 0.1) is 30.4 Å². The van der Waals surface area contributed by atoms with Crippen LogP contribution in [0.15, 0.2) is 29.3 Å². The number of hydrogen-bond donors (Lipinski definition) is 1. The van der Waals surface area contributed by atoms with Crippen LogP contribution < -0.4 is 10.1 Å². The molecule has 1 aliphatic heterocycles. The molecule has 27 heavy (non-hydrogen) atoms. The smallest absolute Gasteiger partial charge is 0.248 e. The van der Waals surface area contributed by atoms with E-state index >= 15 is 0 Å². The highest BCUT2D eigenvalue weighted by atomic mass is 16.5. The lowest BCUT2D eigenvalue weighted by Crippen LogP contribution is -2.29. The molecule has 0 radical (unpaired) electrons. The maximum absolute atomic E-state index is 12.2. The van der Waals surface area contributed by atoms with Crippen LogP contribution in [0.1, 0.15) is 24.8 Å². The molecule has 1 aromatic carbocycles. The number of aliphatic imine (C=N–C) groups is 1. The fourth-order valence-electron chi connectivity index (χ4n) is 2.83. The van der Waals surface area contributed by atoms with E-state index in [2.05, 4.69) is 21.3 Å². The summed E-state index contributed by atoms with van der Waals surface area (Å²) in [6.07, 6.45) is 8.73. The lowest BCUT2D eigenvalue weighted by Gasteiger charge is -2.24. The van der Waals surface area contributed by atoms with Crippen molar-refractivity contribution in [1.29, 1.82) is 5.26 Å². The summed E-state index contributed by atoms with van der Waals surface area (Å²) < 4.78 is 5.35. The molecular formula is C20H27N5O2. The van der Waals surface area contributed by atoms with E-state index in [9.17, 15) is 10.1 Å². The maximum atomic E-state index is 12.2. The van der Waals surface area contributed by atoms with E-state index in [4.69, 9.17) is 4.74 Å². The molecule has 7 nitrogen and oxygen atoms in total. The number of methoxy groups -OCH3 is 1. The number of rotatable bonds is 7. The minimum Gasteiger partial charge on any atom is -0.494 e. The molecule has 0 saturated carbocycles. The highest BCUT2D eigenvalue weighted by Crippen LogP contribution is 2.32. The molecule has 7 heteroatoms. The zero-order valence-electron chi connectivity index (χ0n) is 16.2. The maximum Gasteiger partial charge on any atom is 0.248 e. The summed E-state index contributed by atoms with van der Waals surface area (Å²) in [5.41, 5.74) is 1.30. The predicted molar refractivity (Wildman–Crippen MR) is 108 cm³/mol. The van der Waals surface area contributed by atoms with E-state index in [0.717, 1.165) is 19.6 Å². The minimum atomic E-state index is -0.251. The molecule has 1 fully saturated rings. The van der Waals surface area contributed by atoms with Gasteiger partial charge in [-0.25, -0.2) is 4.99 Å². The van der Waals surface area contributed by atoms with E-state index < -0.39 is 0 Å². The van der Waals surface area contributed by atoms with Crippen molar-refractivity contribution in [3.05, 3.63) is 29.8 Å². The molecule has 1 amide bonds. The number of carbonyl (C=O) groups is 1. The number of piperidine rings is 1. The van der Waals surface area contributed by atoms with Gasteiger partial charge >= 0.3 is 0 Å². The summed E-state index contributed by atoms with van der Waals surface area (Å²) in [4.78, 5) is 20.6. The number of benzene rings is 1. The number of amides is 1. The third-order valence-corrected chi connectivity index (χ3v) is 4.21. The quantitative estimate of drug-likeness (QED) is 0.454. The summed E-state index contributed by atoms with van der Waals surface area (Å²) in [5, 5.41) is 12.2. The Kier molecular flexibility index (Phi) is 7.83. The van der Waals surface area contributed by atoms with Gasteiger partial charge in [-0.05, 0) is 32.0 Å². The van der Waals surface area contributed by atoms with Crippen molar-refractivity contribution in [2.24, 2.45) is 4.99 Å². The first kappa shape index (κ1) is 20.5. The van der Waals surface area contributed by atoms with Gasteiger partial charge in [-0.15, -0.1) is 0 Å². The van der Waals surface area contributed by atoms with Crippen molar-refractivity contribution < 1.29 is 9.53 Å². The standard InChI is InChI=1S/C20H27N5O2/c1-24(2)15-22-17-13-19(27-3)18(12-16(17)14-21)23-20(26)8-7-11-25-9-5-4-6-10-25/h7-8,12-13,15H,4-6,9-11H2,1-3H3,(H,23,26)/b8-7+,22-15?. The van der Waals surface area contributed by atoms with Crippen LogP contribution in [-0.2, 0) is 4.79 Å². The summed E-state index contributed by atoms with van der Waals surface area (Å²) >= 11 is 0. The van der Waals surface area contributed by atoms with Crippen LogP contribution in [0.3, 0.4) is 0 Å². The van der Waals surface area contributed by atoms with Crippen LogP contribution in [0.2, 0.25) is 0 Å². The SMILES string of the molecule is COc1cc(N=CN(C)C)c(C#N)cc1NC(=O)/C=C/CN1CCCCC1. The first-order chi connectivity index (χ1) is 13.0. The van der Waals surface area contributed by atoms with Crippen LogP contribution in [0.4, 0.5) is 11.4 Å². The van der Waals surface area contributed by atoms with E-state index in [1.807, 2.05) is 20.2 Å². The number of ether oxygens (including phenoxy) is 1.